The molecule has 0 saturated carbocycles. The molecule has 1 amide bonds. The Morgan fingerprint density at radius 1 is 1.04 bits per heavy atom. The highest BCUT2D eigenvalue weighted by Crippen LogP contribution is 2.22. The van der Waals surface area contributed by atoms with Crippen molar-refractivity contribution < 1.29 is 14.3 Å². The Labute approximate surface area is 157 Å². The van der Waals surface area contributed by atoms with Crippen LogP contribution in [0.1, 0.15) is 39.2 Å². The molecule has 0 spiro atoms. The zero-order valence-electron chi connectivity index (χ0n) is 15.4. The number of aromatic nitrogens is 3. The molecule has 7 heteroatoms. The molecule has 0 bridgehead atoms. The first-order valence-electron chi connectivity index (χ1n) is 8.41. The number of benzene rings is 2. The second kappa shape index (κ2) is 7.82. The van der Waals surface area contributed by atoms with E-state index in [1.54, 1.807) is 47.2 Å². The van der Waals surface area contributed by atoms with E-state index in [1.165, 1.54) is 13.4 Å². The van der Waals surface area contributed by atoms with Gasteiger partial charge in [0.25, 0.3) is 5.91 Å². The second-order valence-electron chi connectivity index (χ2n) is 6.09. The van der Waals surface area contributed by atoms with Crippen LogP contribution < -0.4 is 0 Å². The molecule has 3 aromatic rings. The molecule has 0 saturated heterocycles. The van der Waals surface area contributed by atoms with Crippen LogP contribution in [0.4, 0.5) is 0 Å². The van der Waals surface area contributed by atoms with Crippen LogP contribution in [0.3, 0.4) is 0 Å². The zero-order valence-corrected chi connectivity index (χ0v) is 15.4. The maximum atomic E-state index is 12.8. The number of methoxy groups -OCH3 is 1. The molecule has 0 aliphatic rings. The van der Waals surface area contributed by atoms with Crippen molar-refractivity contribution in [2.24, 2.45) is 0 Å². The largest absolute Gasteiger partial charge is 0.465 e. The first kappa shape index (κ1) is 18.3. The minimum Gasteiger partial charge on any atom is -0.465 e. The number of esters is 1. The normalized spacial score (nSPS) is 11.7. The average Bonchev–Trinajstić information content (AvgIpc) is 3.26. The summed E-state index contributed by atoms with van der Waals surface area (Å²) >= 11 is 0. The van der Waals surface area contributed by atoms with E-state index in [-0.39, 0.29) is 11.9 Å². The van der Waals surface area contributed by atoms with Crippen molar-refractivity contribution in [2.45, 2.75) is 13.0 Å². The molecule has 3 rings (SSSR count). The Kier molecular flexibility index (Phi) is 5.30. The standard InChI is InChI=1S/C20H20N4O3/c1-14(15-8-10-18(11-9-15)24-13-21-12-22-24)23(2)19(25)16-4-6-17(7-5-16)20(26)27-3/h4-14H,1-3H3/t14-/m1/s1. The van der Waals surface area contributed by atoms with E-state index in [9.17, 15) is 9.59 Å². The van der Waals surface area contributed by atoms with Gasteiger partial charge in [-0.3, -0.25) is 4.79 Å². The zero-order chi connectivity index (χ0) is 19.4. The average molecular weight is 364 g/mol. The van der Waals surface area contributed by atoms with Gasteiger partial charge in [-0.2, -0.15) is 5.10 Å². The van der Waals surface area contributed by atoms with Crippen molar-refractivity contribution in [1.82, 2.24) is 19.7 Å². The number of hydrogen-bond acceptors (Lipinski definition) is 5. The summed E-state index contributed by atoms with van der Waals surface area (Å²) in [5.74, 6) is -0.553. The maximum absolute atomic E-state index is 12.8. The van der Waals surface area contributed by atoms with Gasteiger partial charge in [-0.15, -0.1) is 0 Å². The van der Waals surface area contributed by atoms with Gasteiger partial charge in [-0.25, -0.2) is 14.5 Å². The molecule has 2 aromatic carbocycles. The van der Waals surface area contributed by atoms with Gasteiger partial charge < -0.3 is 9.64 Å². The van der Waals surface area contributed by atoms with E-state index in [4.69, 9.17) is 0 Å². The number of rotatable bonds is 5. The molecule has 7 nitrogen and oxygen atoms in total. The second-order valence-corrected chi connectivity index (χ2v) is 6.09. The van der Waals surface area contributed by atoms with Gasteiger partial charge in [0.05, 0.1) is 24.4 Å². The molecular weight excluding hydrogens is 344 g/mol. The first-order valence-corrected chi connectivity index (χ1v) is 8.41. The summed E-state index contributed by atoms with van der Waals surface area (Å²) < 4.78 is 6.34. The summed E-state index contributed by atoms with van der Waals surface area (Å²) in [5, 5.41) is 4.10. The number of carbonyl (C=O) groups excluding carboxylic acids is 2. The predicted octanol–water partition coefficient (Wildman–Crippen LogP) is 2.89. The fourth-order valence-electron chi connectivity index (χ4n) is 2.72. The van der Waals surface area contributed by atoms with Crippen LogP contribution in [0.25, 0.3) is 5.69 Å². The summed E-state index contributed by atoms with van der Waals surface area (Å²) in [6.07, 6.45) is 3.11. The topological polar surface area (TPSA) is 77.3 Å². The summed E-state index contributed by atoms with van der Waals surface area (Å²) in [7, 11) is 3.08. The van der Waals surface area contributed by atoms with Crippen molar-refractivity contribution in [3.63, 3.8) is 0 Å². The smallest absolute Gasteiger partial charge is 0.337 e. The maximum Gasteiger partial charge on any atom is 0.337 e. The van der Waals surface area contributed by atoms with Gasteiger partial charge in [0.2, 0.25) is 0 Å². The number of carbonyl (C=O) groups is 2. The predicted molar refractivity (Wildman–Crippen MR) is 99.6 cm³/mol. The first-order chi connectivity index (χ1) is 13.0. The molecule has 1 atom stereocenters. The van der Waals surface area contributed by atoms with Crippen LogP contribution in [-0.4, -0.2) is 45.7 Å². The molecule has 138 valence electrons. The number of ether oxygens (including phenoxy) is 1. The van der Waals surface area contributed by atoms with Crippen molar-refractivity contribution in [3.05, 3.63) is 77.9 Å². The molecule has 1 aromatic heterocycles. The van der Waals surface area contributed by atoms with E-state index in [1.807, 2.05) is 31.2 Å². The number of nitrogens with zero attached hydrogens (tertiary/aromatic N) is 4. The Hall–Kier alpha value is -3.48. The third-order valence-corrected chi connectivity index (χ3v) is 4.51. The Morgan fingerprint density at radius 3 is 2.22 bits per heavy atom. The van der Waals surface area contributed by atoms with Gasteiger partial charge in [0.1, 0.15) is 12.7 Å². The highest BCUT2D eigenvalue weighted by Gasteiger charge is 2.19. The van der Waals surface area contributed by atoms with Crippen LogP contribution in [0, 0.1) is 0 Å². The molecule has 0 fully saturated rings. The molecule has 0 radical (unpaired) electrons. The molecule has 1 heterocycles. The van der Waals surface area contributed by atoms with Crippen molar-refractivity contribution in [2.75, 3.05) is 14.2 Å². The molecule has 0 aliphatic heterocycles. The van der Waals surface area contributed by atoms with E-state index < -0.39 is 5.97 Å². The van der Waals surface area contributed by atoms with Crippen LogP contribution in [0.2, 0.25) is 0 Å². The monoisotopic (exact) mass is 364 g/mol. The van der Waals surface area contributed by atoms with Gasteiger partial charge >= 0.3 is 5.97 Å². The number of hydrogen-bond donors (Lipinski definition) is 0. The van der Waals surface area contributed by atoms with E-state index in [0.717, 1.165) is 11.3 Å². The van der Waals surface area contributed by atoms with E-state index >= 15 is 0 Å². The SMILES string of the molecule is COC(=O)c1ccc(C(=O)N(C)[C@H](C)c2ccc(-n3cncn3)cc2)cc1. The van der Waals surface area contributed by atoms with Gasteiger partial charge in [-0.1, -0.05) is 12.1 Å². The summed E-state index contributed by atoms with van der Waals surface area (Å²) in [5.41, 5.74) is 2.82. The van der Waals surface area contributed by atoms with Crippen LogP contribution >= 0.6 is 0 Å². The molecule has 0 aliphatic carbocycles. The number of amides is 1. The molecule has 27 heavy (non-hydrogen) atoms. The van der Waals surface area contributed by atoms with Gasteiger partial charge in [-0.05, 0) is 48.9 Å². The van der Waals surface area contributed by atoms with Crippen LogP contribution in [-0.2, 0) is 4.74 Å². The summed E-state index contributed by atoms with van der Waals surface area (Å²) in [6.45, 7) is 1.96. The quantitative estimate of drug-likeness (QED) is 0.651. The highest BCUT2D eigenvalue weighted by molar-refractivity contribution is 5.96. The Morgan fingerprint density at radius 2 is 1.67 bits per heavy atom. The Bertz CT molecular complexity index is 919. The third-order valence-electron chi connectivity index (χ3n) is 4.51. The van der Waals surface area contributed by atoms with Crippen molar-refractivity contribution >= 4 is 11.9 Å². The van der Waals surface area contributed by atoms with Crippen LogP contribution in [0.5, 0.6) is 0 Å². The van der Waals surface area contributed by atoms with E-state index in [0.29, 0.717) is 11.1 Å². The molecule has 0 unspecified atom stereocenters. The fourth-order valence-corrected chi connectivity index (χ4v) is 2.72. The van der Waals surface area contributed by atoms with Gasteiger partial charge in [0.15, 0.2) is 0 Å². The minimum absolute atomic E-state index is 0.123. The summed E-state index contributed by atoms with van der Waals surface area (Å²) in [6, 6.07) is 14.1. The lowest BCUT2D eigenvalue weighted by Gasteiger charge is -2.25. The Balaban J connectivity index is 1.73. The van der Waals surface area contributed by atoms with Crippen molar-refractivity contribution in [1.29, 1.82) is 0 Å². The molecule has 0 N–H and O–H groups in total. The van der Waals surface area contributed by atoms with Gasteiger partial charge in [0, 0.05) is 12.6 Å². The lowest BCUT2D eigenvalue weighted by molar-refractivity contribution is 0.0599. The molecular formula is C20H20N4O3. The van der Waals surface area contributed by atoms with Crippen molar-refractivity contribution in [3.8, 4) is 5.69 Å². The highest BCUT2D eigenvalue weighted by atomic mass is 16.5. The summed E-state index contributed by atoms with van der Waals surface area (Å²) in [4.78, 5) is 29.9. The van der Waals surface area contributed by atoms with Crippen LogP contribution in [0.15, 0.2) is 61.2 Å². The van der Waals surface area contributed by atoms with E-state index in [2.05, 4.69) is 14.8 Å². The third kappa shape index (κ3) is 3.87. The lowest BCUT2D eigenvalue weighted by atomic mass is 10.1. The minimum atomic E-state index is -0.428. The fraction of sp³-hybridized carbons (Fsp3) is 0.200. The lowest BCUT2D eigenvalue weighted by Crippen LogP contribution is -2.29.